The quantitative estimate of drug-likeness (QED) is 0.782. The van der Waals surface area contributed by atoms with E-state index in [4.69, 9.17) is 9.47 Å². The Morgan fingerprint density at radius 2 is 2.15 bits per heavy atom. The number of aliphatic hydroxyl groups is 1. The van der Waals surface area contributed by atoms with E-state index in [1.54, 1.807) is 4.90 Å². The maximum absolute atomic E-state index is 12.3. The molecule has 116 valence electrons. The molecule has 6 heteroatoms. The zero-order chi connectivity index (χ0) is 14.4. The molecule has 2 saturated heterocycles. The molecule has 2 rings (SSSR count). The molecule has 0 aromatic carbocycles. The molecule has 0 aromatic heterocycles. The van der Waals surface area contributed by atoms with Crippen molar-refractivity contribution in [3.63, 3.8) is 0 Å². The first kappa shape index (κ1) is 15.5. The first-order chi connectivity index (χ1) is 9.68. The van der Waals surface area contributed by atoms with Gasteiger partial charge in [-0.15, -0.1) is 0 Å². The van der Waals surface area contributed by atoms with E-state index in [-0.39, 0.29) is 24.3 Å². The number of carbonyl (C=O) groups is 1. The average Bonchev–Trinajstić information content (AvgIpc) is 2.98. The molecule has 2 heterocycles. The Balaban J connectivity index is 1.88. The smallest absolute Gasteiger partial charge is 0.317 e. The van der Waals surface area contributed by atoms with Gasteiger partial charge in [0.15, 0.2) is 0 Å². The molecular formula is C14H26N2O4. The summed E-state index contributed by atoms with van der Waals surface area (Å²) >= 11 is 0. The fourth-order valence-corrected chi connectivity index (χ4v) is 3.05. The molecule has 2 fully saturated rings. The Bertz CT molecular complexity index is 307. The van der Waals surface area contributed by atoms with Gasteiger partial charge in [-0.1, -0.05) is 0 Å². The van der Waals surface area contributed by atoms with Gasteiger partial charge in [-0.25, -0.2) is 4.79 Å². The van der Waals surface area contributed by atoms with Gasteiger partial charge in [0.2, 0.25) is 0 Å². The highest BCUT2D eigenvalue weighted by Crippen LogP contribution is 2.30. The third-order valence-corrected chi connectivity index (χ3v) is 4.52. The number of aliphatic hydroxyl groups excluding tert-OH is 1. The number of hydrogen-bond donors (Lipinski definition) is 2. The standard InChI is InChI=1S/C14H26N2O4/c1-16(13(18)15-11-12-3-2-8-20-12)14(4-7-17)5-9-19-10-6-14/h12,17H,2-11H2,1H3,(H,15,18)/t12-/m1/s1. The monoisotopic (exact) mass is 286 g/mol. The lowest BCUT2D eigenvalue weighted by molar-refractivity contribution is -0.0135. The van der Waals surface area contributed by atoms with Crippen molar-refractivity contribution in [2.45, 2.75) is 43.7 Å². The van der Waals surface area contributed by atoms with Gasteiger partial charge in [0.1, 0.15) is 0 Å². The van der Waals surface area contributed by atoms with E-state index in [1.807, 2.05) is 7.05 Å². The Morgan fingerprint density at radius 3 is 2.75 bits per heavy atom. The fraction of sp³-hybridized carbons (Fsp3) is 0.929. The van der Waals surface area contributed by atoms with E-state index < -0.39 is 0 Å². The molecule has 0 saturated carbocycles. The zero-order valence-electron chi connectivity index (χ0n) is 12.3. The number of urea groups is 1. The topological polar surface area (TPSA) is 71.0 Å². The SMILES string of the molecule is CN(C(=O)NC[C@H]1CCCO1)C1(CCO)CCOCC1. The normalized spacial score (nSPS) is 25.4. The second kappa shape index (κ2) is 7.24. The minimum absolute atomic E-state index is 0.0867. The largest absolute Gasteiger partial charge is 0.396 e. The van der Waals surface area contributed by atoms with E-state index in [1.165, 1.54) is 0 Å². The second-order valence-electron chi connectivity index (χ2n) is 5.69. The summed E-state index contributed by atoms with van der Waals surface area (Å²) in [4.78, 5) is 14.1. The van der Waals surface area contributed by atoms with Crippen molar-refractivity contribution in [3.8, 4) is 0 Å². The highest BCUT2D eigenvalue weighted by Gasteiger charge is 2.38. The molecule has 2 amide bonds. The highest BCUT2D eigenvalue weighted by molar-refractivity contribution is 5.74. The summed E-state index contributed by atoms with van der Waals surface area (Å²) in [6.07, 6.45) is 4.38. The summed E-state index contributed by atoms with van der Waals surface area (Å²) in [5.41, 5.74) is -0.284. The van der Waals surface area contributed by atoms with Crippen LogP contribution in [0.15, 0.2) is 0 Å². The van der Waals surface area contributed by atoms with Crippen LogP contribution in [-0.4, -0.2) is 67.7 Å². The number of nitrogens with zero attached hydrogens (tertiary/aromatic N) is 1. The summed E-state index contributed by atoms with van der Waals surface area (Å²) in [5, 5.41) is 12.2. The van der Waals surface area contributed by atoms with Crippen LogP contribution in [-0.2, 0) is 9.47 Å². The first-order valence-corrected chi connectivity index (χ1v) is 7.50. The van der Waals surface area contributed by atoms with Crippen LogP contribution in [0.4, 0.5) is 4.79 Å². The maximum Gasteiger partial charge on any atom is 0.317 e. The average molecular weight is 286 g/mol. The number of rotatable bonds is 5. The summed E-state index contributed by atoms with van der Waals surface area (Å²) < 4.78 is 10.9. The van der Waals surface area contributed by atoms with Crippen LogP contribution in [0.25, 0.3) is 0 Å². The molecule has 6 nitrogen and oxygen atoms in total. The van der Waals surface area contributed by atoms with Crippen LogP contribution in [0.5, 0.6) is 0 Å². The van der Waals surface area contributed by atoms with Crippen LogP contribution < -0.4 is 5.32 Å². The Morgan fingerprint density at radius 1 is 1.40 bits per heavy atom. The van der Waals surface area contributed by atoms with E-state index in [0.717, 1.165) is 32.3 Å². The van der Waals surface area contributed by atoms with Gasteiger partial charge in [0.25, 0.3) is 0 Å². The Hall–Kier alpha value is -0.850. The maximum atomic E-state index is 12.3. The van der Waals surface area contributed by atoms with Gasteiger partial charge >= 0.3 is 6.03 Å². The number of carbonyl (C=O) groups excluding carboxylic acids is 1. The molecule has 0 aromatic rings. The summed E-state index contributed by atoms with van der Waals surface area (Å²) in [6, 6.07) is -0.0872. The van der Waals surface area contributed by atoms with Gasteiger partial charge in [-0.2, -0.15) is 0 Å². The molecule has 0 unspecified atom stereocenters. The van der Waals surface area contributed by atoms with E-state index >= 15 is 0 Å². The second-order valence-corrected chi connectivity index (χ2v) is 5.69. The van der Waals surface area contributed by atoms with Crippen molar-refractivity contribution in [3.05, 3.63) is 0 Å². The minimum atomic E-state index is -0.284. The third-order valence-electron chi connectivity index (χ3n) is 4.52. The van der Waals surface area contributed by atoms with Crippen molar-refractivity contribution in [2.75, 3.05) is 40.0 Å². The van der Waals surface area contributed by atoms with Gasteiger partial charge in [0, 0.05) is 40.0 Å². The first-order valence-electron chi connectivity index (χ1n) is 7.50. The van der Waals surface area contributed by atoms with Crippen molar-refractivity contribution in [1.82, 2.24) is 10.2 Å². The van der Waals surface area contributed by atoms with Gasteiger partial charge < -0.3 is 24.8 Å². The molecule has 1 atom stereocenters. The van der Waals surface area contributed by atoms with E-state index in [2.05, 4.69) is 5.32 Å². The van der Waals surface area contributed by atoms with Crippen molar-refractivity contribution < 1.29 is 19.4 Å². The lowest BCUT2D eigenvalue weighted by Crippen LogP contribution is -2.56. The van der Waals surface area contributed by atoms with Crippen molar-refractivity contribution >= 4 is 6.03 Å². The summed E-state index contributed by atoms with van der Waals surface area (Å²) in [5.74, 6) is 0. The molecular weight excluding hydrogens is 260 g/mol. The molecule has 0 radical (unpaired) electrons. The van der Waals surface area contributed by atoms with Crippen molar-refractivity contribution in [1.29, 1.82) is 0 Å². The predicted molar refractivity (Wildman–Crippen MR) is 74.6 cm³/mol. The summed E-state index contributed by atoms with van der Waals surface area (Å²) in [6.45, 7) is 2.73. The number of ether oxygens (including phenoxy) is 2. The molecule has 20 heavy (non-hydrogen) atoms. The lowest BCUT2D eigenvalue weighted by atomic mass is 9.85. The van der Waals surface area contributed by atoms with Crippen molar-refractivity contribution in [2.24, 2.45) is 0 Å². The van der Waals surface area contributed by atoms with Crippen LogP contribution in [0.2, 0.25) is 0 Å². The lowest BCUT2D eigenvalue weighted by Gasteiger charge is -2.44. The van der Waals surface area contributed by atoms with E-state index in [9.17, 15) is 9.90 Å². The summed E-state index contributed by atoms with van der Waals surface area (Å²) in [7, 11) is 1.81. The van der Waals surface area contributed by atoms with Crippen LogP contribution in [0.3, 0.4) is 0 Å². The molecule has 0 spiro atoms. The van der Waals surface area contributed by atoms with Gasteiger partial charge in [0.05, 0.1) is 11.6 Å². The number of nitrogens with one attached hydrogen (secondary N) is 1. The van der Waals surface area contributed by atoms with Crippen LogP contribution >= 0.6 is 0 Å². The Kier molecular flexibility index (Phi) is 5.63. The molecule has 2 N–H and O–H groups in total. The molecule has 2 aliphatic rings. The highest BCUT2D eigenvalue weighted by atomic mass is 16.5. The molecule has 0 aliphatic carbocycles. The number of amides is 2. The van der Waals surface area contributed by atoms with Gasteiger partial charge in [-0.05, 0) is 32.1 Å². The van der Waals surface area contributed by atoms with Crippen LogP contribution in [0.1, 0.15) is 32.1 Å². The fourth-order valence-electron chi connectivity index (χ4n) is 3.05. The van der Waals surface area contributed by atoms with E-state index in [0.29, 0.717) is 26.2 Å². The van der Waals surface area contributed by atoms with Gasteiger partial charge in [-0.3, -0.25) is 0 Å². The predicted octanol–water partition coefficient (Wildman–Crippen LogP) is 0.738. The molecule has 0 bridgehead atoms. The molecule has 2 aliphatic heterocycles. The van der Waals surface area contributed by atoms with Crippen LogP contribution in [0, 0.1) is 0 Å². The zero-order valence-corrected chi connectivity index (χ0v) is 12.3. The third kappa shape index (κ3) is 3.62. The minimum Gasteiger partial charge on any atom is -0.396 e. The Labute approximate surface area is 120 Å². The number of hydrogen-bond acceptors (Lipinski definition) is 4.